The van der Waals surface area contributed by atoms with E-state index in [0.717, 1.165) is 24.3 Å². The molecule has 0 saturated carbocycles. The van der Waals surface area contributed by atoms with E-state index in [2.05, 4.69) is 10.3 Å². The van der Waals surface area contributed by atoms with Crippen LogP contribution in [0.3, 0.4) is 0 Å². The van der Waals surface area contributed by atoms with Crippen molar-refractivity contribution in [1.29, 1.82) is 0 Å². The van der Waals surface area contributed by atoms with Crippen LogP contribution in [-0.2, 0) is 5.60 Å². The molecule has 0 amide bonds. The molecule has 7 heteroatoms. The predicted octanol–water partition coefficient (Wildman–Crippen LogP) is 4.11. The first-order chi connectivity index (χ1) is 11.8. The Balaban J connectivity index is 1.92. The van der Waals surface area contributed by atoms with E-state index < -0.39 is 28.9 Å². The van der Waals surface area contributed by atoms with Crippen molar-refractivity contribution in [1.82, 2.24) is 4.98 Å². The maximum Gasteiger partial charge on any atom is 0.152 e. The Kier molecular flexibility index (Phi) is 4.34. The van der Waals surface area contributed by atoms with E-state index in [9.17, 15) is 22.7 Å². The van der Waals surface area contributed by atoms with E-state index in [1.54, 1.807) is 0 Å². The van der Waals surface area contributed by atoms with Crippen molar-refractivity contribution in [3.8, 4) is 0 Å². The van der Waals surface area contributed by atoms with E-state index in [4.69, 9.17) is 0 Å². The molecule has 3 nitrogen and oxygen atoms in total. The topological polar surface area (TPSA) is 45.1 Å². The molecule has 0 aliphatic rings. The molecule has 1 atom stereocenters. The highest BCUT2D eigenvalue weighted by Crippen LogP contribution is 2.28. The minimum absolute atomic E-state index is 0.0287. The highest BCUT2D eigenvalue weighted by atomic mass is 19.1. The summed E-state index contributed by atoms with van der Waals surface area (Å²) in [6.07, 6.45) is 1.33. The summed E-state index contributed by atoms with van der Waals surface area (Å²) < 4.78 is 54.2. The zero-order valence-corrected chi connectivity index (χ0v) is 13.2. The van der Waals surface area contributed by atoms with Gasteiger partial charge in [0.1, 0.15) is 28.6 Å². The van der Waals surface area contributed by atoms with Gasteiger partial charge in [0.2, 0.25) is 0 Å². The summed E-state index contributed by atoms with van der Waals surface area (Å²) in [6.45, 7) is 1.17. The lowest BCUT2D eigenvalue weighted by atomic mass is 9.95. The van der Waals surface area contributed by atoms with Crippen molar-refractivity contribution in [3.05, 3.63) is 71.4 Å². The fourth-order valence-corrected chi connectivity index (χ4v) is 2.62. The molecule has 25 heavy (non-hydrogen) atoms. The predicted molar refractivity (Wildman–Crippen MR) is 86.1 cm³/mol. The van der Waals surface area contributed by atoms with E-state index >= 15 is 0 Å². The molecule has 3 rings (SSSR count). The highest BCUT2D eigenvalue weighted by molar-refractivity contribution is 5.91. The van der Waals surface area contributed by atoms with Crippen LogP contribution in [0.25, 0.3) is 10.9 Å². The highest BCUT2D eigenvalue weighted by Gasteiger charge is 2.27. The number of pyridine rings is 1. The summed E-state index contributed by atoms with van der Waals surface area (Å²) in [7, 11) is 0. The van der Waals surface area contributed by atoms with E-state index in [1.807, 2.05) is 0 Å². The first-order valence-corrected chi connectivity index (χ1v) is 7.43. The zero-order chi connectivity index (χ0) is 18.2. The Hall–Kier alpha value is -2.67. The molecule has 3 aromatic rings. The van der Waals surface area contributed by atoms with Crippen LogP contribution in [0.5, 0.6) is 0 Å². The first kappa shape index (κ1) is 17.2. The van der Waals surface area contributed by atoms with Crippen LogP contribution >= 0.6 is 0 Å². The SMILES string of the molecule is CC(O)(CNc1ccnc2c(F)cc(F)cc12)c1ccc(F)cc1F. The Morgan fingerprint density at radius 3 is 2.44 bits per heavy atom. The molecule has 0 bridgehead atoms. The molecule has 0 spiro atoms. The van der Waals surface area contributed by atoms with Crippen LogP contribution < -0.4 is 5.32 Å². The average molecular weight is 350 g/mol. The number of benzene rings is 2. The van der Waals surface area contributed by atoms with E-state index in [0.29, 0.717) is 11.8 Å². The van der Waals surface area contributed by atoms with Gasteiger partial charge in [0.15, 0.2) is 5.82 Å². The minimum atomic E-state index is -1.68. The number of aromatic nitrogens is 1. The largest absolute Gasteiger partial charge is 0.383 e. The van der Waals surface area contributed by atoms with Gasteiger partial charge in [-0.05, 0) is 25.1 Å². The molecular formula is C18H14F4N2O. The van der Waals surface area contributed by atoms with Gasteiger partial charge in [-0.3, -0.25) is 4.98 Å². The Morgan fingerprint density at radius 2 is 1.72 bits per heavy atom. The van der Waals surface area contributed by atoms with Crippen molar-refractivity contribution < 1.29 is 22.7 Å². The van der Waals surface area contributed by atoms with Crippen LogP contribution in [0.1, 0.15) is 12.5 Å². The number of aliphatic hydroxyl groups is 1. The monoisotopic (exact) mass is 350 g/mol. The molecule has 1 unspecified atom stereocenters. The number of halogens is 4. The Bertz CT molecular complexity index is 944. The molecule has 0 fully saturated rings. The number of hydrogen-bond acceptors (Lipinski definition) is 3. The molecule has 0 radical (unpaired) electrons. The maximum atomic E-state index is 13.9. The number of fused-ring (bicyclic) bond motifs is 1. The molecule has 0 aliphatic heterocycles. The van der Waals surface area contributed by atoms with Crippen molar-refractivity contribution in [2.45, 2.75) is 12.5 Å². The van der Waals surface area contributed by atoms with Crippen LogP contribution in [0.15, 0.2) is 42.6 Å². The zero-order valence-electron chi connectivity index (χ0n) is 13.2. The lowest BCUT2D eigenvalue weighted by Crippen LogP contribution is -2.32. The van der Waals surface area contributed by atoms with Gasteiger partial charge < -0.3 is 10.4 Å². The fourth-order valence-electron chi connectivity index (χ4n) is 2.62. The third-order valence-electron chi connectivity index (χ3n) is 3.90. The first-order valence-electron chi connectivity index (χ1n) is 7.43. The average Bonchev–Trinajstić information content (AvgIpc) is 2.52. The molecule has 1 heterocycles. The second kappa shape index (κ2) is 6.33. The second-order valence-corrected chi connectivity index (χ2v) is 5.89. The summed E-state index contributed by atoms with van der Waals surface area (Å²) >= 11 is 0. The summed E-state index contributed by atoms with van der Waals surface area (Å²) in [5.41, 5.74) is -1.48. The number of anilines is 1. The van der Waals surface area contributed by atoms with Crippen LogP contribution in [0.2, 0.25) is 0 Å². The normalized spacial score (nSPS) is 13.7. The second-order valence-electron chi connectivity index (χ2n) is 5.89. The van der Waals surface area contributed by atoms with Crippen molar-refractivity contribution in [2.75, 3.05) is 11.9 Å². The van der Waals surface area contributed by atoms with Crippen LogP contribution in [0, 0.1) is 23.3 Å². The molecule has 2 N–H and O–H groups in total. The van der Waals surface area contributed by atoms with Crippen molar-refractivity contribution in [3.63, 3.8) is 0 Å². The summed E-state index contributed by atoms with van der Waals surface area (Å²) in [6, 6.07) is 6.19. The molecule has 1 aromatic heterocycles. The third-order valence-corrected chi connectivity index (χ3v) is 3.90. The van der Waals surface area contributed by atoms with Gasteiger partial charge in [-0.2, -0.15) is 0 Å². The lowest BCUT2D eigenvalue weighted by Gasteiger charge is -2.25. The molecular weight excluding hydrogens is 336 g/mol. The molecule has 2 aromatic carbocycles. The van der Waals surface area contributed by atoms with Crippen LogP contribution in [-0.4, -0.2) is 16.6 Å². The number of nitrogens with zero attached hydrogens (tertiary/aromatic N) is 1. The molecule has 0 aliphatic carbocycles. The van der Waals surface area contributed by atoms with Gasteiger partial charge in [-0.25, -0.2) is 17.6 Å². The fraction of sp³-hybridized carbons (Fsp3) is 0.167. The van der Waals surface area contributed by atoms with E-state index in [-0.39, 0.29) is 23.0 Å². The van der Waals surface area contributed by atoms with Gasteiger partial charge in [-0.1, -0.05) is 6.07 Å². The van der Waals surface area contributed by atoms with Crippen molar-refractivity contribution in [2.24, 2.45) is 0 Å². The smallest absolute Gasteiger partial charge is 0.152 e. The van der Waals surface area contributed by atoms with Crippen molar-refractivity contribution >= 4 is 16.6 Å². The summed E-state index contributed by atoms with van der Waals surface area (Å²) in [5.74, 6) is -3.22. The van der Waals surface area contributed by atoms with Crippen LogP contribution in [0.4, 0.5) is 23.2 Å². The Labute approximate surface area is 140 Å². The number of hydrogen-bond donors (Lipinski definition) is 2. The van der Waals surface area contributed by atoms with Gasteiger partial charge in [-0.15, -0.1) is 0 Å². The Morgan fingerprint density at radius 1 is 1.00 bits per heavy atom. The summed E-state index contributed by atoms with van der Waals surface area (Å²) in [4.78, 5) is 3.86. The maximum absolute atomic E-state index is 13.9. The number of rotatable bonds is 4. The van der Waals surface area contributed by atoms with Gasteiger partial charge in [0.25, 0.3) is 0 Å². The minimum Gasteiger partial charge on any atom is -0.383 e. The third kappa shape index (κ3) is 3.41. The van der Waals surface area contributed by atoms with Gasteiger partial charge in [0.05, 0.1) is 0 Å². The van der Waals surface area contributed by atoms with E-state index in [1.165, 1.54) is 19.2 Å². The summed E-state index contributed by atoms with van der Waals surface area (Å²) in [5, 5.41) is 13.5. The standard InChI is InChI=1S/C18H14F4N2O/c1-18(25,13-3-2-10(19)7-14(13)21)9-24-16-4-5-23-17-12(16)6-11(20)8-15(17)22/h2-8,25H,9H2,1H3,(H,23,24). The van der Waals surface area contributed by atoms with Gasteiger partial charge in [0, 0.05) is 41.5 Å². The molecule has 130 valence electrons. The van der Waals surface area contributed by atoms with Gasteiger partial charge >= 0.3 is 0 Å². The molecule has 0 saturated heterocycles. The lowest BCUT2D eigenvalue weighted by molar-refractivity contribution is 0.0675. The number of nitrogens with one attached hydrogen (secondary N) is 1. The quantitative estimate of drug-likeness (QED) is 0.696.